The zero-order valence-corrected chi connectivity index (χ0v) is 12.3. The van der Waals surface area contributed by atoms with Gasteiger partial charge in [0.15, 0.2) is 0 Å². The Morgan fingerprint density at radius 1 is 1.42 bits per heavy atom. The van der Waals surface area contributed by atoms with Crippen LogP contribution in [0, 0.1) is 0 Å². The van der Waals surface area contributed by atoms with Crippen molar-refractivity contribution in [2.24, 2.45) is 0 Å². The van der Waals surface area contributed by atoms with E-state index in [-0.39, 0.29) is 12.1 Å². The first kappa shape index (κ1) is 15.8. The predicted octanol–water partition coefficient (Wildman–Crippen LogP) is 0.927. The second kappa shape index (κ2) is 6.75. The smallest absolute Gasteiger partial charge is 0.326 e. The van der Waals surface area contributed by atoms with Crippen molar-refractivity contribution in [1.82, 2.24) is 14.7 Å². The highest BCUT2D eigenvalue weighted by Crippen LogP contribution is 2.20. The summed E-state index contributed by atoms with van der Waals surface area (Å²) in [5.74, 6) is -0.901. The largest absolute Gasteiger partial charge is 0.480 e. The Morgan fingerprint density at radius 2 is 2.05 bits per heavy atom. The Balaban J connectivity index is 2.75. The third-order valence-electron chi connectivity index (χ3n) is 3.53. The molecule has 19 heavy (non-hydrogen) atoms. The summed E-state index contributed by atoms with van der Waals surface area (Å²) in [5.41, 5.74) is 0. The molecular weight excluding hydrogens is 246 g/mol. The van der Waals surface area contributed by atoms with Crippen LogP contribution in [0.25, 0.3) is 0 Å². The molecule has 6 nitrogen and oxygen atoms in total. The van der Waals surface area contributed by atoms with E-state index in [1.165, 1.54) is 4.90 Å². The molecule has 1 aliphatic heterocycles. The van der Waals surface area contributed by atoms with Crippen molar-refractivity contribution in [3.63, 3.8) is 0 Å². The molecular formula is C13H25N3O3. The molecule has 1 aliphatic rings. The first-order valence-electron chi connectivity index (χ1n) is 6.83. The van der Waals surface area contributed by atoms with E-state index in [0.29, 0.717) is 19.5 Å². The summed E-state index contributed by atoms with van der Waals surface area (Å²) in [6.07, 6.45) is 1.32. The van der Waals surface area contributed by atoms with E-state index in [1.54, 1.807) is 4.90 Å². The molecule has 0 spiro atoms. The van der Waals surface area contributed by atoms with Gasteiger partial charge < -0.3 is 19.8 Å². The van der Waals surface area contributed by atoms with E-state index in [0.717, 1.165) is 13.0 Å². The second-order valence-corrected chi connectivity index (χ2v) is 5.37. The molecule has 1 saturated heterocycles. The molecule has 2 atom stereocenters. The van der Waals surface area contributed by atoms with E-state index < -0.39 is 12.0 Å². The van der Waals surface area contributed by atoms with Crippen molar-refractivity contribution in [1.29, 1.82) is 0 Å². The van der Waals surface area contributed by atoms with Gasteiger partial charge in [-0.15, -0.1) is 0 Å². The molecule has 0 aromatic heterocycles. The lowest BCUT2D eigenvalue weighted by Gasteiger charge is -2.34. The van der Waals surface area contributed by atoms with Gasteiger partial charge >= 0.3 is 12.0 Å². The van der Waals surface area contributed by atoms with Crippen molar-refractivity contribution in [3.05, 3.63) is 0 Å². The van der Waals surface area contributed by atoms with Crippen LogP contribution >= 0.6 is 0 Å². The minimum atomic E-state index is -0.901. The van der Waals surface area contributed by atoms with E-state index in [2.05, 4.69) is 0 Å². The summed E-state index contributed by atoms with van der Waals surface area (Å²) < 4.78 is 0. The van der Waals surface area contributed by atoms with Gasteiger partial charge in [-0.1, -0.05) is 0 Å². The average Bonchev–Trinajstić information content (AvgIpc) is 2.77. The molecule has 0 bridgehead atoms. The van der Waals surface area contributed by atoms with Crippen LogP contribution in [0.4, 0.5) is 4.79 Å². The summed E-state index contributed by atoms with van der Waals surface area (Å²) >= 11 is 0. The highest BCUT2D eigenvalue weighted by atomic mass is 16.4. The molecule has 0 aromatic rings. The number of aliphatic carboxylic acids is 1. The third kappa shape index (κ3) is 3.83. The molecule has 1 heterocycles. The van der Waals surface area contributed by atoms with Crippen LogP contribution in [0.2, 0.25) is 0 Å². The Kier molecular flexibility index (Phi) is 5.60. The molecule has 0 radical (unpaired) electrons. The van der Waals surface area contributed by atoms with Crippen molar-refractivity contribution < 1.29 is 14.7 Å². The number of nitrogens with zero attached hydrogens (tertiary/aromatic N) is 3. The number of carbonyl (C=O) groups is 2. The van der Waals surface area contributed by atoms with Crippen LogP contribution in [0.3, 0.4) is 0 Å². The third-order valence-corrected chi connectivity index (χ3v) is 3.53. The van der Waals surface area contributed by atoms with Crippen LogP contribution in [-0.4, -0.2) is 77.6 Å². The summed E-state index contributed by atoms with van der Waals surface area (Å²) in [7, 11) is 3.93. The van der Waals surface area contributed by atoms with Gasteiger partial charge in [-0.2, -0.15) is 0 Å². The minimum Gasteiger partial charge on any atom is -0.480 e. The van der Waals surface area contributed by atoms with Crippen molar-refractivity contribution in [2.45, 2.75) is 38.8 Å². The molecule has 0 aromatic carbocycles. The Bertz CT molecular complexity index is 333. The van der Waals surface area contributed by atoms with Crippen LogP contribution in [0.15, 0.2) is 0 Å². The van der Waals surface area contributed by atoms with E-state index in [4.69, 9.17) is 5.11 Å². The fourth-order valence-electron chi connectivity index (χ4n) is 2.68. The van der Waals surface area contributed by atoms with E-state index in [1.807, 2.05) is 32.8 Å². The van der Waals surface area contributed by atoms with Gasteiger partial charge in [0.05, 0.1) is 0 Å². The highest BCUT2D eigenvalue weighted by Gasteiger charge is 2.36. The zero-order valence-electron chi connectivity index (χ0n) is 12.3. The lowest BCUT2D eigenvalue weighted by atomic mass is 10.2. The molecule has 1 N–H and O–H groups in total. The first-order chi connectivity index (χ1) is 8.88. The maximum atomic E-state index is 12.5. The van der Waals surface area contributed by atoms with Crippen LogP contribution in [-0.2, 0) is 4.79 Å². The summed E-state index contributed by atoms with van der Waals surface area (Å²) in [6.45, 7) is 5.83. The molecule has 6 heteroatoms. The lowest BCUT2D eigenvalue weighted by molar-refractivity contribution is -0.141. The standard InChI is InChI=1S/C13H25N3O3/c1-5-15(10(2)9-14(3)4)13(19)16-8-6-7-11(16)12(17)18/h10-11H,5-9H2,1-4H3,(H,17,18)/t10?,11-/m1/s1. The summed E-state index contributed by atoms with van der Waals surface area (Å²) in [4.78, 5) is 28.9. The zero-order chi connectivity index (χ0) is 14.6. The lowest BCUT2D eigenvalue weighted by Crippen LogP contribution is -2.52. The minimum absolute atomic E-state index is 0.0718. The first-order valence-corrected chi connectivity index (χ1v) is 6.83. The maximum absolute atomic E-state index is 12.5. The SMILES string of the molecule is CCN(C(=O)N1CCC[C@@H]1C(=O)O)C(C)CN(C)C. The number of rotatable bonds is 5. The van der Waals surface area contributed by atoms with Gasteiger partial charge in [0.1, 0.15) is 6.04 Å². The van der Waals surface area contributed by atoms with Crippen LogP contribution < -0.4 is 0 Å². The fourth-order valence-corrected chi connectivity index (χ4v) is 2.68. The number of carbonyl (C=O) groups excluding carboxylic acids is 1. The number of likely N-dealkylation sites (N-methyl/N-ethyl adjacent to an activating group) is 2. The second-order valence-electron chi connectivity index (χ2n) is 5.37. The van der Waals surface area contributed by atoms with Crippen LogP contribution in [0.5, 0.6) is 0 Å². The number of carboxylic acid groups (broad SMARTS) is 1. The molecule has 0 saturated carbocycles. The Morgan fingerprint density at radius 3 is 2.53 bits per heavy atom. The van der Waals surface area contributed by atoms with Crippen LogP contribution in [0.1, 0.15) is 26.7 Å². The van der Waals surface area contributed by atoms with Gasteiger partial charge in [-0.25, -0.2) is 9.59 Å². The number of hydrogen-bond acceptors (Lipinski definition) is 3. The number of amides is 2. The maximum Gasteiger partial charge on any atom is 0.326 e. The number of urea groups is 1. The number of hydrogen-bond donors (Lipinski definition) is 1. The highest BCUT2D eigenvalue weighted by molar-refractivity contribution is 5.83. The van der Waals surface area contributed by atoms with Gasteiger partial charge in [0, 0.05) is 25.7 Å². The van der Waals surface area contributed by atoms with Crippen molar-refractivity contribution >= 4 is 12.0 Å². The molecule has 1 fully saturated rings. The Labute approximate surface area is 115 Å². The summed E-state index contributed by atoms with van der Waals surface area (Å²) in [5, 5.41) is 9.15. The molecule has 1 rings (SSSR count). The Hall–Kier alpha value is -1.30. The van der Waals surface area contributed by atoms with E-state index in [9.17, 15) is 9.59 Å². The number of carboxylic acids is 1. The van der Waals surface area contributed by atoms with Gasteiger partial charge in [-0.05, 0) is 40.8 Å². The molecule has 1 unspecified atom stereocenters. The predicted molar refractivity (Wildman–Crippen MR) is 73.2 cm³/mol. The van der Waals surface area contributed by atoms with E-state index >= 15 is 0 Å². The summed E-state index contributed by atoms with van der Waals surface area (Å²) in [6, 6.07) is -0.739. The fraction of sp³-hybridized carbons (Fsp3) is 0.846. The van der Waals surface area contributed by atoms with Gasteiger partial charge in [-0.3, -0.25) is 0 Å². The molecule has 110 valence electrons. The molecule has 2 amide bonds. The van der Waals surface area contributed by atoms with Crippen molar-refractivity contribution in [2.75, 3.05) is 33.7 Å². The quantitative estimate of drug-likeness (QED) is 0.808. The topological polar surface area (TPSA) is 64.1 Å². The number of likely N-dealkylation sites (tertiary alicyclic amines) is 1. The van der Waals surface area contributed by atoms with Crippen molar-refractivity contribution in [3.8, 4) is 0 Å². The average molecular weight is 271 g/mol. The molecule has 0 aliphatic carbocycles. The van der Waals surface area contributed by atoms with Gasteiger partial charge in [0.25, 0.3) is 0 Å². The monoisotopic (exact) mass is 271 g/mol. The normalized spacial score (nSPS) is 20.7. The van der Waals surface area contributed by atoms with Gasteiger partial charge in [0.2, 0.25) is 0 Å².